The lowest BCUT2D eigenvalue weighted by Crippen LogP contribution is -2.44. The summed E-state index contributed by atoms with van der Waals surface area (Å²) in [5.74, 6) is 0.454. The van der Waals surface area contributed by atoms with E-state index >= 15 is 0 Å². The second kappa shape index (κ2) is 9.42. The van der Waals surface area contributed by atoms with Crippen LogP contribution >= 0.6 is 0 Å². The molecule has 0 aliphatic heterocycles. The minimum atomic E-state index is -0.0530. The Morgan fingerprint density at radius 1 is 1.19 bits per heavy atom. The van der Waals surface area contributed by atoms with E-state index < -0.39 is 0 Å². The summed E-state index contributed by atoms with van der Waals surface area (Å²) in [6.45, 7) is 7.07. The van der Waals surface area contributed by atoms with Gasteiger partial charge in [-0.3, -0.25) is 0 Å². The first-order valence-corrected chi connectivity index (χ1v) is 5.62. The third kappa shape index (κ3) is 7.48. The maximum atomic E-state index is 11.8. The van der Waals surface area contributed by atoms with Crippen molar-refractivity contribution >= 4 is 6.03 Å². The standard InChI is InChI=1S/C11H24N2O3/c1-10(2)9-12-11(14)13(5-7-15-3)6-8-16-4/h10H,5-9H2,1-4H3,(H,12,14). The van der Waals surface area contributed by atoms with Gasteiger partial charge < -0.3 is 19.7 Å². The van der Waals surface area contributed by atoms with Gasteiger partial charge >= 0.3 is 6.03 Å². The van der Waals surface area contributed by atoms with E-state index in [0.717, 1.165) is 0 Å². The Morgan fingerprint density at radius 2 is 1.69 bits per heavy atom. The molecule has 0 spiro atoms. The van der Waals surface area contributed by atoms with Crippen molar-refractivity contribution in [2.45, 2.75) is 13.8 Å². The SMILES string of the molecule is COCCN(CCOC)C(=O)NCC(C)C. The third-order valence-electron chi connectivity index (χ3n) is 2.08. The fourth-order valence-electron chi connectivity index (χ4n) is 1.12. The third-order valence-corrected chi connectivity index (χ3v) is 2.08. The van der Waals surface area contributed by atoms with Crippen molar-refractivity contribution in [1.29, 1.82) is 0 Å². The highest BCUT2D eigenvalue weighted by Crippen LogP contribution is 1.93. The molecule has 5 heteroatoms. The number of hydrogen-bond donors (Lipinski definition) is 1. The van der Waals surface area contributed by atoms with Gasteiger partial charge in [0.2, 0.25) is 0 Å². The van der Waals surface area contributed by atoms with Gasteiger partial charge in [-0.1, -0.05) is 13.8 Å². The van der Waals surface area contributed by atoms with Crippen LogP contribution in [-0.4, -0.2) is 58.0 Å². The molecule has 16 heavy (non-hydrogen) atoms. The number of urea groups is 1. The lowest BCUT2D eigenvalue weighted by atomic mass is 10.2. The quantitative estimate of drug-likeness (QED) is 0.678. The van der Waals surface area contributed by atoms with Crippen LogP contribution in [0.1, 0.15) is 13.8 Å². The Morgan fingerprint density at radius 3 is 2.06 bits per heavy atom. The van der Waals surface area contributed by atoms with Gasteiger partial charge in [0.25, 0.3) is 0 Å². The van der Waals surface area contributed by atoms with Gasteiger partial charge in [0.05, 0.1) is 13.2 Å². The fraction of sp³-hybridized carbons (Fsp3) is 0.909. The summed E-state index contributed by atoms with van der Waals surface area (Å²) in [6, 6.07) is -0.0530. The molecule has 2 amide bonds. The first-order chi connectivity index (χ1) is 7.61. The molecule has 0 atom stereocenters. The monoisotopic (exact) mass is 232 g/mol. The van der Waals surface area contributed by atoms with E-state index in [9.17, 15) is 4.79 Å². The Hall–Kier alpha value is -0.810. The summed E-state index contributed by atoms with van der Waals surface area (Å²) < 4.78 is 9.93. The molecule has 0 unspecified atom stereocenters. The van der Waals surface area contributed by atoms with Crippen LogP contribution in [0.25, 0.3) is 0 Å². The molecule has 0 heterocycles. The van der Waals surface area contributed by atoms with E-state index in [1.165, 1.54) is 0 Å². The molecule has 0 aromatic rings. The fourth-order valence-corrected chi connectivity index (χ4v) is 1.12. The highest BCUT2D eigenvalue weighted by atomic mass is 16.5. The molecular weight excluding hydrogens is 208 g/mol. The summed E-state index contributed by atoms with van der Waals surface area (Å²) in [4.78, 5) is 13.5. The molecular formula is C11H24N2O3. The lowest BCUT2D eigenvalue weighted by Gasteiger charge is -2.23. The number of rotatable bonds is 8. The van der Waals surface area contributed by atoms with Crippen molar-refractivity contribution < 1.29 is 14.3 Å². The summed E-state index contributed by atoms with van der Waals surface area (Å²) in [7, 11) is 3.25. The zero-order chi connectivity index (χ0) is 12.4. The summed E-state index contributed by atoms with van der Waals surface area (Å²) in [5.41, 5.74) is 0. The summed E-state index contributed by atoms with van der Waals surface area (Å²) in [6.07, 6.45) is 0. The number of carbonyl (C=O) groups is 1. The number of hydrogen-bond acceptors (Lipinski definition) is 3. The van der Waals surface area contributed by atoms with Crippen molar-refractivity contribution in [3.05, 3.63) is 0 Å². The highest BCUT2D eigenvalue weighted by molar-refractivity contribution is 5.74. The smallest absolute Gasteiger partial charge is 0.317 e. The van der Waals surface area contributed by atoms with Crippen molar-refractivity contribution in [1.82, 2.24) is 10.2 Å². The van der Waals surface area contributed by atoms with E-state index in [1.54, 1.807) is 19.1 Å². The molecule has 0 saturated heterocycles. The Balaban J connectivity index is 3.98. The Kier molecular flexibility index (Phi) is 8.94. The van der Waals surface area contributed by atoms with Gasteiger partial charge in [-0.15, -0.1) is 0 Å². The van der Waals surface area contributed by atoms with E-state index in [0.29, 0.717) is 38.8 Å². The average molecular weight is 232 g/mol. The number of carbonyl (C=O) groups excluding carboxylic acids is 1. The second-order valence-corrected chi connectivity index (χ2v) is 4.05. The lowest BCUT2D eigenvalue weighted by molar-refractivity contribution is 0.122. The number of amides is 2. The van der Waals surface area contributed by atoms with Gasteiger partial charge in [-0.2, -0.15) is 0 Å². The van der Waals surface area contributed by atoms with Gasteiger partial charge in [0.1, 0.15) is 0 Å². The molecule has 96 valence electrons. The van der Waals surface area contributed by atoms with E-state index in [-0.39, 0.29) is 6.03 Å². The van der Waals surface area contributed by atoms with Gasteiger partial charge in [0.15, 0.2) is 0 Å². The highest BCUT2D eigenvalue weighted by Gasteiger charge is 2.12. The summed E-state index contributed by atoms with van der Waals surface area (Å²) >= 11 is 0. The van der Waals surface area contributed by atoms with Crippen molar-refractivity contribution in [2.75, 3.05) is 47.1 Å². The molecule has 0 fully saturated rings. The molecule has 0 aromatic heterocycles. The van der Waals surface area contributed by atoms with Crippen LogP contribution in [0.5, 0.6) is 0 Å². The van der Waals surface area contributed by atoms with Gasteiger partial charge in [-0.05, 0) is 5.92 Å². The predicted octanol–water partition coefficient (Wildman–Crippen LogP) is 0.947. The Bertz CT molecular complexity index is 178. The first-order valence-electron chi connectivity index (χ1n) is 5.62. The molecule has 0 rings (SSSR count). The van der Waals surface area contributed by atoms with Crippen LogP contribution in [-0.2, 0) is 9.47 Å². The number of methoxy groups -OCH3 is 2. The van der Waals surface area contributed by atoms with Gasteiger partial charge in [-0.25, -0.2) is 4.79 Å². The normalized spacial score (nSPS) is 10.6. The molecule has 0 aliphatic carbocycles. The maximum Gasteiger partial charge on any atom is 0.317 e. The van der Waals surface area contributed by atoms with Crippen LogP contribution < -0.4 is 5.32 Å². The molecule has 0 saturated carbocycles. The zero-order valence-electron chi connectivity index (χ0n) is 10.8. The second-order valence-electron chi connectivity index (χ2n) is 4.05. The van der Waals surface area contributed by atoms with E-state index in [2.05, 4.69) is 19.2 Å². The largest absolute Gasteiger partial charge is 0.383 e. The molecule has 0 aliphatic rings. The topological polar surface area (TPSA) is 50.8 Å². The van der Waals surface area contributed by atoms with Crippen LogP contribution in [0.15, 0.2) is 0 Å². The molecule has 1 N–H and O–H groups in total. The number of nitrogens with zero attached hydrogens (tertiary/aromatic N) is 1. The van der Waals surface area contributed by atoms with Gasteiger partial charge in [0, 0.05) is 33.9 Å². The van der Waals surface area contributed by atoms with Crippen LogP contribution in [0, 0.1) is 5.92 Å². The van der Waals surface area contributed by atoms with Crippen LogP contribution in [0.2, 0.25) is 0 Å². The number of ether oxygens (including phenoxy) is 2. The van der Waals surface area contributed by atoms with Crippen LogP contribution in [0.3, 0.4) is 0 Å². The van der Waals surface area contributed by atoms with Crippen molar-refractivity contribution in [3.8, 4) is 0 Å². The molecule has 5 nitrogen and oxygen atoms in total. The maximum absolute atomic E-state index is 11.8. The molecule has 0 radical (unpaired) electrons. The molecule has 0 bridgehead atoms. The van der Waals surface area contributed by atoms with Crippen molar-refractivity contribution in [3.63, 3.8) is 0 Å². The minimum Gasteiger partial charge on any atom is -0.383 e. The van der Waals surface area contributed by atoms with E-state index in [4.69, 9.17) is 9.47 Å². The minimum absolute atomic E-state index is 0.0530. The zero-order valence-corrected chi connectivity index (χ0v) is 10.8. The molecule has 0 aromatic carbocycles. The average Bonchev–Trinajstić information content (AvgIpc) is 2.26. The Labute approximate surface area is 98.1 Å². The van der Waals surface area contributed by atoms with Crippen molar-refractivity contribution in [2.24, 2.45) is 5.92 Å². The van der Waals surface area contributed by atoms with Crippen LogP contribution in [0.4, 0.5) is 4.79 Å². The predicted molar refractivity (Wildman–Crippen MR) is 63.6 cm³/mol. The van der Waals surface area contributed by atoms with E-state index in [1.807, 2.05) is 0 Å². The number of nitrogens with one attached hydrogen (secondary N) is 1. The first kappa shape index (κ1) is 15.2. The summed E-state index contributed by atoms with van der Waals surface area (Å²) in [5, 5.41) is 2.88.